The zero-order valence-corrected chi connectivity index (χ0v) is 8.13. The summed E-state index contributed by atoms with van der Waals surface area (Å²) < 4.78 is 44.0. The van der Waals surface area contributed by atoms with Gasteiger partial charge in [-0.2, -0.15) is 0 Å². The van der Waals surface area contributed by atoms with Crippen LogP contribution in [0.4, 0.5) is 13.2 Å². The summed E-state index contributed by atoms with van der Waals surface area (Å²) in [4.78, 5) is 10.5. The molecule has 3 N–H and O–H groups in total. The Kier molecular flexibility index (Phi) is 3.38. The fourth-order valence-electron chi connectivity index (χ4n) is 1.14. The maximum atomic E-state index is 13.4. The number of methoxy groups -OCH3 is 1. The Hall–Kier alpha value is -1.76. The molecule has 88 valence electrons. The lowest BCUT2D eigenvalue weighted by Crippen LogP contribution is -2.24. The highest BCUT2D eigenvalue weighted by atomic mass is 19.2. The minimum absolute atomic E-state index is 0.475. The summed E-state index contributed by atoms with van der Waals surface area (Å²) in [6, 6.07) is -1.52. The van der Waals surface area contributed by atoms with Crippen molar-refractivity contribution in [2.45, 2.75) is 6.04 Å². The normalized spacial score (nSPS) is 12.3. The summed E-state index contributed by atoms with van der Waals surface area (Å²) in [6.45, 7) is 0. The SMILES string of the molecule is COc1cc(F)c(F)c(C(N)C(=O)O)c1F. The lowest BCUT2D eigenvalue weighted by Gasteiger charge is -2.12. The van der Waals surface area contributed by atoms with Gasteiger partial charge in [0, 0.05) is 6.07 Å². The average molecular weight is 235 g/mol. The van der Waals surface area contributed by atoms with Crippen LogP contribution in [-0.4, -0.2) is 18.2 Å². The summed E-state index contributed by atoms with van der Waals surface area (Å²) in [7, 11) is 1.03. The molecular formula is C9H8F3NO3. The summed E-state index contributed by atoms with van der Waals surface area (Å²) in [5.74, 6) is -6.66. The van der Waals surface area contributed by atoms with Crippen LogP contribution in [0.2, 0.25) is 0 Å². The van der Waals surface area contributed by atoms with Gasteiger partial charge in [0.1, 0.15) is 6.04 Å². The van der Waals surface area contributed by atoms with E-state index in [1.807, 2.05) is 0 Å². The van der Waals surface area contributed by atoms with Gasteiger partial charge in [0.05, 0.1) is 12.7 Å². The summed E-state index contributed by atoms with van der Waals surface area (Å²) in [5.41, 5.74) is 3.96. The first-order valence-corrected chi connectivity index (χ1v) is 4.10. The molecule has 1 unspecified atom stereocenters. The maximum Gasteiger partial charge on any atom is 0.325 e. The number of hydrogen-bond acceptors (Lipinski definition) is 3. The van der Waals surface area contributed by atoms with E-state index < -0.39 is 40.8 Å². The van der Waals surface area contributed by atoms with Gasteiger partial charge in [-0.1, -0.05) is 0 Å². The van der Waals surface area contributed by atoms with Crippen LogP contribution in [0.5, 0.6) is 5.75 Å². The molecule has 1 aromatic carbocycles. The topological polar surface area (TPSA) is 72.5 Å². The summed E-state index contributed by atoms with van der Waals surface area (Å²) >= 11 is 0. The number of rotatable bonds is 3. The first kappa shape index (κ1) is 12.3. The van der Waals surface area contributed by atoms with E-state index in [0.29, 0.717) is 6.07 Å². The van der Waals surface area contributed by atoms with Gasteiger partial charge in [-0.25, -0.2) is 13.2 Å². The third-order valence-electron chi connectivity index (χ3n) is 1.95. The Morgan fingerprint density at radius 3 is 2.44 bits per heavy atom. The number of benzene rings is 1. The van der Waals surface area contributed by atoms with Gasteiger partial charge in [0.25, 0.3) is 0 Å². The predicted molar refractivity (Wildman–Crippen MR) is 47.4 cm³/mol. The number of halogens is 3. The molecule has 1 aromatic rings. The highest BCUT2D eigenvalue weighted by Crippen LogP contribution is 2.29. The monoisotopic (exact) mass is 235 g/mol. The zero-order valence-electron chi connectivity index (χ0n) is 8.13. The highest BCUT2D eigenvalue weighted by molar-refractivity contribution is 5.75. The molecule has 0 amide bonds. The van der Waals surface area contributed by atoms with Crippen molar-refractivity contribution < 1.29 is 27.8 Å². The van der Waals surface area contributed by atoms with Gasteiger partial charge in [0.15, 0.2) is 23.2 Å². The van der Waals surface area contributed by atoms with Crippen LogP contribution in [0.15, 0.2) is 6.07 Å². The molecule has 0 saturated heterocycles. The second kappa shape index (κ2) is 4.40. The number of nitrogens with two attached hydrogens (primary N) is 1. The Labute approximate surface area is 88.4 Å². The van der Waals surface area contributed by atoms with Crippen LogP contribution >= 0.6 is 0 Å². The van der Waals surface area contributed by atoms with E-state index in [-0.39, 0.29) is 0 Å². The molecule has 0 heterocycles. The van der Waals surface area contributed by atoms with Gasteiger partial charge in [-0.05, 0) is 0 Å². The predicted octanol–water partition coefficient (Wildman–Crippen LogP) is 1.20. The molecule has 0 saturated carbocycles. The Morgan fingerprint density at radius 1 is 1.44 bits per heavy atom. The van der Waals surface area contributed by atoms with Gasteiger partial charge < -0.3 is 15.6 Å². The largest absolute Gasteiger partial charge is 0.494 e. The molecule has 0 radical (unpaired) electrons. The first-order chi connectivity index (χ1) is 7.40. The summed E-state index contributed by atoms with van der Waals surface area (Å²) in [6.07, 6.45) is 0. The van der Waals surface area contributed by atoms with E-state index >= 15 is 0 Å². The van der Waals surface area contributed by atoms with Crippen molar-refractivity contribution in [3.63, 3.8) is 0 Å². The van der Waals surface area contributed by atoms with Crippen molar-refractivity contribution in [1.82, 2.24) is 0 Å². The van der Waals surface area contributed by atoms with Gasteiger partial charge in [0.2, 0.25) is 0 Å². The van der Waals surface area contributed by atoms with Crippen LogP contribution in [0.3, 0.4) is 0 Å². The molecular weight excluding hydrogens is 227 g/mol. The Morgan fingerprint density at radius 2 is 2.00 bits per heavy atom. The maximum absolute atomic E-state index is 13.4. The fraction of sp³-hybridized carbons (Fsp3) is 0.222. The van der Waals surface area contributed by atoms with Crippen LogP contribution in [0.25, 0.3) is 0 Å². The number of hydrogen-bond donors (Lipinski definition) is 2. The highest BCUT2D eigenvalue weighted by Gasteiger charge is 2.28. The van der Waals surface area contributed by atoms with Crippen molar-refractivity contribution in [3.8, 4) is 5.75 Å². The van der Waals surface area contributed by atoms with Crippen molar-refractivity contribution in [1.29, 1.82) is 0 Å². The third-order valence-corrected chi connectivity index (χ3v) is 1.95. The Balaban J connectivity index is 3.47. The number of carboxylic acid groups (broad SMARTS) is 1. The molecule has 0 bridgehead atoms. The molecule has 4 nitrogen and oxygen atoms in total. The third kappa shape index (κ3) is 1.94. The second-order valence-electron chi connectivity index (χ2n) is 2.92. The molecule has 0 aliphatic heterocycles. The van der Waals surface area contributed by atoms with Crippen molar-refractivity contribution in [2.75, 3.05) is 7.11 Å². The smallest absolute Gasteiger partial charge is 0.325 e. The van der Waals surface area contributed by atoms with Gasteiger partial charge in [-0.3, -0.25) is 4.79 Å². The molecule has 7 heteroatoms. The van der Waals surface area contributed by atoms with Gasteiger partial charge in [-0.15, -0.1) is 0 Å². The quantitative estimate of drug-likeness (QED) is 0.772. The Bertz CT molecular complexity index is 436. The second-order valence-corrected chi connectivity index (χ2v) is 2.92. The fourth-order valence-corrected chi connectivity index (χ4v) is 1.14. The standard InChI is InChI=1S/C9H8F3NO3/c1-16-4-2-3(10)6(11)5(7(4)12)8(13)9(14)15/h2,8H,13H2,1H3,(H,14,15). The van der Waals surface area contributed by atoms with Crippen LogP contribution in [0, 0.1) is 17.5 Å². The van der Waals surface area contributed by atoms with E-state index in [4.69, 9.17) is 10.8 Å². The molecule has 0 aromatic heterocycles. The minimum Gasteiger partial charge on any atom is -0.494 e. The summed E-state index contributed by atoms with van der Waals surface area (Å²) in [5, 5.41) is 8.52. The van der Waals surface area contributed by atoms with E-state index in [2.05, 4.69) is 4.74 Å². The lowest BCUT2D eigenvalue weighted by atomic mass is 10.1. The molecule has 16 heavy (non-hydrogen) atoms. The van der Waals surface area contributed by atoms with E-state index in [9.17, 15) is 18.0 Å². The molecule has 1 rings (SSSR count). The van der Waals surface area contributed by atoms with E-state index in [0.717, 1.165) is 7.11 Å². The van der Waals surface area contributed by atoms with Crippen LogP contribution in [0.1, 0.15) is 11.6 Å². The number of carbonyl (C=O) groups is 1. The molecule has 0 spiro atoms. The molecule has 0 fully saturated rings. The first-order valence-electron chi connectivity index (χ1n) is 4.10. The minimum atomic E-state index is -2.00. The van der Waals surface area contributed by atoms with Gasteiger partial charge >= 0.3 is 5.97 Å². The molecule has 1 atom stereocenters. The number of aliphatic carboxylic acids is 1. The average Bonchev–Trinajstić information content (AvgIpc) is 2.23. The van der Waals surface area contributed by atoms with Crippen molar-refractivity contribution in [3.05, 3.63) is 29.1 Å². The molecule has 0 aliphatic carbocycles. The molecule has 0 aliphatic rings. The van der Waals surface area contributed by atoms with E-state index in [1.165, 1.54) is 0 Å². The van der Waals surface area contributed by atoms with Crippen molar-refractivity contribution in [2.24, 2.45) is 5.73 Å². The zero-order chi connectivity index (χ0) is 12.5. The van der Waals surface area contributed by atoms with Crippen molar-refractivity contribution >= 4 is 5.97 Å². The number of ether oxygens (including phenoxy) is 1. The lowest BCUT2D eigenvalue weighted by molar-refractivity contribution is -0.138. The van der Waals surface area contributed by atoms with Crippen LogP contribution in [-0.2, 0) is 4.79 Å². The van der Waals surface area contributed by atoms with E-state index in [1.54, 1.807) is 0 Å². The number of carboxylic acids is 1. The van der Waals surface area contributed by atoms with Crippen LogP contribution < -0.4 is 10.5 Å².